The third-order valence-electron chi connectivity index (χ3n) is 4.57. The first kappa shape index (κ1) is 28.0. The summed E-state index contributed by atoms with van der Waals surface area (Å²) in [7, 11) is 1.75. The number of rotatable bonds is 4. The standard InChI is InChI=1S/C24H32O.C3H8.C2H6/c1-9-19-20(21-12-10-16(2)14-22(21)25-8)13-11-17(3)23(19)18(4)15-24(5,6)7;1-3-2;1-2/h10-15H,9H2,1-8H3;3H2,1-2H3;1-2H3/b18-15-;;. The van der Waals surface area contributed by atoms with Gasteiger partial charge in [0, 0.05) is 5.56 Å². The van der Waals surface area contributed by atoms with Crippen molar-refractivity contribution in [3.8, 4) is 16.9 Å². The molecule has 0 amide bonds. The Labute approximate surface area is 187 Å². The van der Waals surface area contributed by atoms with Gasteiger partial charge in [0.1, 0.15) is 5.75 Å². The van der Waals surface area contributed by atoms with Crippen LogP contribution in [-0.4, -0.2) is 7.11 Å². The topological polar surface area (TPSA) is 9.23 Å². The molecule has 168 valence electrons. The molecule has 0 heterocycles. The van der Waals surface area contributed by atoms with E-state index in [-0.39, 0.29) is 5.41 Å². The van der Waals surface area contributed by atoms with Gasteiger partial charge in [0.05, 0.1) is 7.11 Å². The lowest BCUT2D eigenvalue weighted by atomic mass is 9.84. The van der Waals surface area contributed by atoms with Gasteiger partial charge >= 0.3 is 0 Å². The van der Waals surface area contributed by atoms with Crippen molar-refractivity contribution in [3.63, 3.8) is 0 Å². The molecule has 0 atom stereocenters. The Bertz CT molecular complexity index is 804. The van der Waals surface area contributed by atoms with Crippen LogP contribution in [-0.2, 0) is 6.42 Å². The Hall–Kier alpha value is -2.02. The summed E-state index contributed by atoms with van der Waals surface area (Å²) in [4.78, 5) is 0. The van der Waals surface area contributed by atoms with Gasteiger partial charge in [-0.2, -0.15) is 0 Å². The molecule has 0 aliphatic rings. The van der Waals surface area contributed by atoms with Crippen molar-refractivity contribution in [2.45, 2.75) is 89.0 Å². The second-order valence-corrected chi connectivity index (χ2v) is 8.74. The van der Waals surface area contributed by atoms with Crippen molar-refractivity contribution in [1.29, 1.82) is 0 Å². The van der Waals surface area contributed by atoms with Gasteiger partial charge in [-0.15, -0.1) is 0 Å². The maximum Gasteiger partial charge on any atom is 0.126 e. The first-order valence-electron chi connectivity index (χ1n) is 11.6. The van der Waals surface area contributed by atoms with Crippen LogP contribution in [0.4, 0.5) is 0 Å². The first-order chi connectivity index (χ1) is 14.1. The van der Waals surface area contributed by atoms with Crippen LogP contribution in [0.3, 0.4) is 0 Å². The lowest BCUT2D eigenvalue weighted by molar-refractivity contribution is 0.416. The van der Waals surface area contributed by atoms with Crippen molar-refractivity contribution in [3.05, 3.63) is 58.7 Å². The second kappa shape index (κ2) is 13.3. The van der Waals surface area contributed by atoms with Crippen LogP contribution in [0.2, 0.25) is 0 Å². The van der Waals surface area contributed by atoms with Crippen molar-refractivity contribution < 1.29 is 4.74 Å². The van der Waals surface area contributed by atoms with Gasteiger partial charge in [-0.3, -0.25) is 0 Å². The van der Waals surface area contributed by atoms with Crippen molar-refractivity contribution in [2.24, 2.45) is 5.41 Å². The fraction of sp³-hybridized carbons (Fsp3) is 0.517. The molecule has 30 heavy (non-hydrogen) atoms. The lowest BCUT2D eigenvalue weighted by Gasteiger charge is -2.21. The zero-order chi connectivity index (χ0) is 23.5. The molecular formula is C29H46O. The maximum absolute atomic E-state index is 5.68. The summed E-state index contributed by atoms with van der Waals surface area (Å²) in [5.74, 6) is 0.946. The van der Waals surface area contributed by atoms with Gasteiger partial charge < -0.3 is 4.74 Å². The summed E-state index contributed by atoms with van der Waals surface area (Å²) in [6, 6.07) is 10.9. The fourth-order valence-electron chi connectivity index (χ4n) is 3.68. The van der Waals surface area contributed by atoms with Crippen LogP contribution < -0.4 is 4.74 Å². The second-order valence-electron chi connectivity index (χ2n) is 8.74. The number of hydrogen-bond donors (Lipinski definition) is 0. The molecule has 0 saturated heterocycles. The van der Waals surface area contributed by atoms with E-state index in [2.05, 4.69) is 98.7 Å². The highest BCUT2D eigenvalue weighted by molar-refractivity contribution is 5.81. The molecule has 0 aliphatic carbocycles. The number of aryl methyl sites for hydroxylation is 2. The Morgan fingerprint density at radius 3 is 1.93 bits per heavy atom. The molecule has 0 N–H and O–H groups in total. The van der Waals surface area contributed by atoms with Crippen LogP contribution in [0.25, 0.3) is 16.7 Å². The zero-order valence-corrected chi connectivity index (χ0v) is 21.8. The zero-order valence-electron chi connectivity index (χ0n) is 21.8. The van der Waals surface area contributed by atoms with Crippen LogP contribution in [0.1, 0.15) is 91.0 Å². The average molecular weight is 411 g/mol. The van der Waals surface area contributed by atoms with Crippen LogP contribution in [0.15, 0.2) is 36.4 Å². The van der Waals surface area contributed by atoms with Gasteiger partial charge in [0.15, 0.2) is 0 Å². The van der Waals surface area contributed by atoms with E-state index in [1.54, 1.807) is 7.11 Å². The smallest absolute Gasteiger partial charge is 0.126 e. The summed E-state index contributed by atoms with van der Waals surface area (Å²) in [5, 5.41) is 0. The monoisotopic (exact) mass is 410 g/mol. The first-order valence-corrected chi connectivity index (χ1v) is 11.6. The predicted molar refractivity (Wildman–Crippen MR) is 138 cm³/mol. The molecule has 2 rings (SSSR count). The van der Waals surface area contributed by atoms with Crippen molar-refractivity contribution >= 4 is 5.57 Å². The minimum Gasteiger partial charge on any atom is -0.496 e. The SMILES string of the molecule is CC.CCC.CCc1c(-c2ccc(C)cc2OC)ccc(C)c1/C(C)=C\C(C)(C)C. The highest BCUT2D eigenvalue weighted by Crippen LogP contribution is 2.38. The van der Waals surface area contributed by atoms with Gasteiger partial charge in [0.2, 0.25) is 0 Å². The molecule has 0 unspecified atom stereocenters. The quantitative estimate of drug-likeness (QED) is 0.487. The minimum absolute atomic E-state index is 0.166. The number of allylic oxidation sites excluding steroid dienone is 2. The van der Waals surface area contributed by atoms with Crippen LogP contribution in [0.5, 0.6) is 5.75 Å². The van der Waals surface area contributed by atoms with E-state index in [0.717, 1.165) is 12.2 Å². The molecule has 1 nitrogen and oxygen atoms in total. The maximum atomic E-state index is 5.68. The van der Waals surface area contributed by atoms with E-state index in [4.69, 9.17) is 4.74 Å². The minimum atomic E-state index is 0.166. The van der Waals surface area contributed by atoms with E-state index in [1.165, 1.54) is 45.4 Å². The van der Waals surface area contributed by atoms with Crippen LogP contribution >= 0.6 is 0 Å². The largest absolute Gasteiger partial charge is 0.496 e. The molecule has 0 aromatic heterocycles. The van der Waals surface area contributed by atoms with Gasteiger partial charge in [-0.1, -0.05) is 92.2 Å². The Morgan fingerprint density at radius 2 is 1.47 bits per heavy atom. The van der Waals surface area contributed by atoms with Gasteiger partial charge in [-0.05, 0) is 72.1 Å². The Kier molecular flexibility index (Phi) is 12.4. The molecule has 0 spiro atoms. The van der Waals surface area contributed by atoms with E-state index >= 15 is 0 Å². The Morgan fingerprint density at radius 1 is 0.933 bits per heavy atom. The molecular weight excluding hydrogens is 364 g/mol. The number of hydrogen-bond acceptors (Lipinski definition) is 1. The third-order valence-corrected chi connectivity index (χ3v) is 4.57. The van der Waals surface area contributed by atoms with E-state index in [0.29, 0.717) is 0 Å². The lowest BCUT2D eigenvalue weighted by Crippen LogP contribution is -2.04. The normalized spacial score (nSPS) is 11.1. The van der Waals surface area contributed by atoms with E-state index < -0.39 is 0 Å². The van der Waals surface area contributed by atoms with Crippen molar-refractivity contribution in [1.82, 2.24) is 0 Å². The highest BCUT2D eigenvalue weighted by atomic mass is 16.5. The predicted octanol–water partition coefficient (Wildman–Crippen LogP) is 9.43. The molecule has 0 saturated carbocycles. The van der Waals surface area contributed by atoms with E-state index in [1.807, 2.05) is 13.8 Å². The number of ether oxygens (including phenoxy) is 1. The molecule has 0 fully saturated rings. The molecule has 0 radical (unpaired) electrons. The summed E-state index contributed by atoms with van der Waals surface area (Å²) < 4.78 is 5.68. The molecule has 0 aliphatic heterocycles. The number of methoxy groups -OCH3 is 1. The molecule has 1 heteroatoms. The molecule has 2 aromatic carbocycles. The Balaban J connectivity index is 0.00000154. The third kappa shape index (κ3) is 8.01. The summed E-state index contributed by atoms with van der Waals surface area (Å²) in [6.45, 7) is 23.8. The molecule has 2 aromatic rings. The van der Waals surface area contributed by atoms with Crippen molar-refractivity contribution in [2.75, 3.05) is 7.11 Å². The highest BCUT2D eigenvalue weighted by Gasteiger charge is 2.17. The van der Waals surface area contributed by atoms with E-state index in [9.17, 15) is 0 Å². The molecule has 0 bridgehead atoms. The van der Waals surface area contributed by atoms with Gasteiger partial charge in [-0.25, -0.2) is 0 Å². The van der Waals surface area contributed by atoms with Crippen LogP contribution in [0, 0.1) is 19.3 Å². The fourth-order valence-corrected chi connectivity index (χ4v) is 3.68. The summed E-state index contributed by atoms with van der Waals surface area (Å²) >= 11 is 0. The average Bonchev–Trinajstić information content (AvgIpc) is 2.68. The number of benzene rings is 2. The summed E-state index contributed by atoms with van der Waals surface area (Å²) in [6.07, 6.45) is 4.63. The van der Waals surface area contributed by atoms with Gasteiger partial charge in [0.25, 0.3) is 0 Å². The summed E-state index contributed by atoms with van der Waals surface area (Å²) in [5.41, 5.74) is 9.32.